The first-order valence-electron chi connectivity index (χ1n) is 4.30. The molecule has 0 heterocycles. The van der Waals surface area contributed by atoms with Crippen molar-refractivity contribution < 1.29 is 0 Å². The lowest BCUT2D eigenvalue weighted by atomic mass is 9.88. The van der Waals surface area contributed by atoms with E-state index in [1.54, 1.807) is 0 Å². The number of thiol groups is 1. The lowest BCUT2D eigenvalue weighted by Gasteiger charge is -2.22. The molecule has 0 fully saturated rings. The van der Waals surface area contributed by atoms with Gasteiger partial charge < -0.3 is 0 Å². The maximum Gasteiger partial charge on any atom is 0.0507 e. The standard InChI is InChI=1S/C11H14S2/c1-11(2,10(12)13)8-9-6-4-3-5-7-9/h3-7H,8H2,1-2H3,(H,12,13). The van der Waals surface area contributed by atoms with Gasteiger partial charge in [-0.2, -0.15) is 0 Å². The van der Waals surface area contributed by atoms with Crippen LogP contribution in [-0.2, 0) is 6.42 Å². The first kappa shape index (κ1) is 10.7. The summed E-state index contributed by atoms with van der Waals surface area (Å²) in [5.74, 6) is 0. The topological polar surface area (TPSA) is 0 Å². The van der Waals surface area contributed by atoms with Crippen molar-refractivity contribution >= 4 is 29.0 Å². The lowest BCUT2D eigenvalue weighted by Crippen LogP contribution is -2.20. The summed E-state index contributed by atoms with van der Waals surface area (Å²) in [4.78, 5) is 0. The van der Waals surface area contributed by atoms with Gasteiger partial charge in [0, 0.05) is 5.41 Å². The van der Waals surface area contributed by atoms with Crippen LogP contribution in [0.1, 0.15) is 19.4 Å². The molecule has 2 heteroatoms. The number of hydrogen-bond donors (Lipinski definition) is 1. The molecule has 0 nitrogen and oxygen atoms in total. The monoisotopic (exact) mass is 210 g/mol. The molecule has 0 unspecified atom stereocenters. The second kappa shape index (κ2) is 4.25. The molecule has 0 atom stereocenters. The van der Waals surface area contributed by atoms with E-state index in [1.807, 2.05) is 18.2 Å². The molecule has 0 saturated heterocycles. The average molecular weight is 210 g/mol. The summed E-state index contributed by atoms with van der Waals surface area (Å²) in [5.41, 5.74) is 1.31. The lowest BCUT2D eigenvalue weighted by molar-refractivity contribution is 0.536. The van der Waals surface area contributed by atoms with Crippen LogP contribution in [0.2, 0.25) is 0 Å². The van der Waals surface area contributed by atoms with E-state index in [2.05, 4.69) is 38.6 Å². The van der Waals surface area contributed by atoms with Gasteiger partial charge in [0.25, 0.3) is 0 Å². The number of rotatable bonds is 3. The van der Waals surface area contributed by atoms with E-state index in [1.165, 1.54) is 5.56 Å². The first-order chi connectivity index (χ1) is 6.02. The number of benzene rings is 1. The fraction of sp³-hybridized carbons (Fsp3) is 0.364. The molecule has 1 aromatic rings. The molecule has 0 N–H and O–H groups in total. The zero-order valence-corrected chi connectivity index (χ0v) is 9.66. The molecular weight excluding hydrogens is 196 g/mol. The minimum Gasteiger partial charge on any atom is -0.136 e. The van der Waals surface area contributed by atoms with E-state index in [9.17, 15) is 0 Å². The van der Waals surface area contributed by atoms with Gasteiger partial charge in [-0.1, -0.05) is 56.4 Å². The SMILES string of the molecule is CC(C)(Cc1ccccc1)C(=S)S. The fourth-order valence-corrected chi connectivity index (χ4v) is 1.33. The third-order valence-electron chi connectivity index (χ3n) is 2.07. The molecule has 0 aliphatic carbocycles. The Kier molecular flexibility index (Phi) is 3.51. The van der Waals surface area contributed by atoms with Crippen LogP contribution in [-0.4, -0.2) is 4.20 Å². The minimum atomic E-state index is -0.000201. The maximum absolute atomic E-state index is 5.09. The molecule has 0 amide bonds. The normalized spacial score (nSPS) is 11.3. The van der Waals surface area contributed by atoms with Crippen molar-refractivity contribution in [1.82, 2.24) is 0 Å². The van der Waals surface area contributed by atoms with E-state index in [0.29, 0.717) is 0 Å². The first-order valence-corrected chi connectivity index (χ1v) is 5.15. The Hall–Kier alpha value is -0.340. The van der Waals surface area contributed by atoms with Crippen LogP contribution in [0.3, 0.4) is 0 Å². The smallest absolute Gasteiger partial charge is 0.0507 e. The summed E-state index contributed by atoms with van der Waals surface area (Å²) in [6, 6.07) is 10.4. The van der Waals surface area contributed by atoms with Crippen molar-refractivity contribution in [2.24, 2.45) is 5.41 Å². The molecule has 0 bridgehead atoms. The van der Waals surface area contributed by atoms with E-state index in [-0.39, 0.29) is 5.41 Å². The molecule has 0 radical (unpaired) electrons. The van der Waals surface area contributed by atoms with Crippen LogP contribution in [0, 0.1) is 5.41 Å². The van der Waals surface area contributed by atoms with Crippen LogP contribution in [0.4, 0.5) is 0 Å². The Morgan fingerprint density at radius 1 is 1.31 bits per heavy atom. The molecule has 0 spiro atoms. The zero-order chi connectivity index (χ0) is 9.90. The second-order valence-electron chi connectivity index (χ2n) is 3.85. The van der Waals surface area contributed by atoms with Crippen LogP contribution >= 0.6 is 24.8 Å². The van der Waals surface area contributed by atoms with E-state index >= 15 is 0 Å². The zero-order valence-electron chi connectivity index (χ0n) is 7.95. The third-order valence-corrected chi connectivity index (χ3v) is 3.23. The molecule has 0 aromatic heterocycles. The molecule has 1 rings (SSSR count). The quantitative estimate of drug-likeness (QED) is 0.588. The van der Waals surface area contributed by atoms with Gasteiger partial charge in [-0.3, -0.25) is 0 Å². The van der Waals surface area contributed by atoms with Gasteiger partial charge in [0.1, 0.15) is 0 Å². The molecule has 13 heavy (non-hydrogen) atoms. The average Bonchev–Trinajstić information content (AvgIpc) is 2.05. The highest BCUT2D eigenvalue weighted by atomic mass is 32.1. The van der Waals surface area contributed by atoms with Crippen LogP contribution in [0.15, 0.2) is 30.3 Å². The Morgan fingerprint density at radius 2 is 1.85 bits per heavy atom. The summed E-state index contributed by atoms with van der Waals surface area (Å²) >= 11 is 9.34. The van der Waals surface area contributed by atoms with Crippen molar-refractivity contribution in [2.75, 3.05) is 0 Å². The molecule has 0 aliphatic rings. The van der Waals surface area contributed by atoms with Crippen molar-refractivity contribution in [3.05, 3.63) is 35.9 Å². The van der Waals surface area contributed by atoms with Crippen molar-refractivity contribution in [3.63, 3.8) is 0 Å². The number of hydrogen-bond acceptors (Lipinski definition) is 1. The van der Waals surface area contributed by atoms with Crippen molar-refractivity contribution in [3.8, 4) is 0 Å². The van der Waals surface area contributed by atoms with Gasteiger partial charge in [-0.15, -0.1) is 12.6 Å². The fourth-order valence-electron chi connectivity index (χ4n) is 1.18. The molecule has 70 valence electrons. The summed E-state index contributed by atoms with van der Waals surface area (Å²) in [6.07, 6.45) is 0.955. The van der Waals surface area contributed by atoms with E-state index in [0.717, 1.165) is 10.6 Å². The van der Waals surface area contributed by atoms with Crippen molar-refractivity contribution in [1.29, 1.82) is 0 Å². The summed E-state index contributed by atoms with van der Waals surface area (Å²) < 4.78 is 0.774. The molecule has 0 saturated carbocycles. The highest BCUT2D eigenvalue weighted by Crippen LogP contribution is 2.25. The predicted octanol–water partition coefficient (Wildman–Crippen LogP) is 3.51. The summed E-state index contributed by atoms with van der Waals surface area (Å²) in [7, 11) is 0. The van der Waals surface area contributed by atoms with E-state index in [4.69, 9.17) is 12.2 Å². The van der Waals surface area contributed by atoms with Crippen molar-refractivity contribution in [2.45, 2.75) is 20.3 Å². The van der Waals surface area contributed by atoms with Gasteiger partial charge in [0.05, 0.1) is 4.20 Å². The molecule has 1 aromatic carbocycles. The third kappa shape index (κ3) is 3.12. The Labute approximate surface area is 90.8 Å². The Bertz CT molecular complexity index is 288. The highest BCUT2D eigenvalue weighted by molar-refractivity contribution is 8.11. The Balaban J connectivity index is 2.75. The number of thiocarbonyl (C=S) groups is 1. The largest absolute Gasteiger partial charge is 0.136 e. The summed E-state index contributed by atoms with van der Waals surface area (Å²) in [5, 5.41) is 0. The van der Waals surface area contributed by atoms with E-state index < -0.39 is 0 Å². The van der Waals surface area contributed by atoms with Gasteiger partial charge >= 0.3 is 0 Å². The summed E-state index contributed by atoms with van der Waals surface area (Å²) in [6.45, 7) is 4.24. The minimum absolute atomic E-state index is 0.000201. The Morgan fingerprint density at radius 3 is 2.31 bits per heavy atom. The molecule has 0 aliphatic heterocycles. The van der Waals surface area contributed by atoms with Gasteiger partial charge in [0.2, 0.25) is 0 Å². The van der Waals surface area contributed by atoms with Gasteiger partial charge in [-0.25, -0.2) is 0 Å². The van der Waals surface area contributed by atoms with Gasteiger partial charge in [0.15, 0.2) is 0 Å². The van der Waals surface area contributed by atoms with Crippen LogP contribution in [0.5, 0.6) is 0 Å². The highest BCUT2D eigenvalue weighted by Gasteiger charge is 2.21. The predicted molar refractivity (Wildman–Crippen MR) is 65.5 cm³/mol. The van der Waals surface area contributed by atoms with Crippen LogP contribution in [0.25, 0.3) is 0 Å². The van der Waals surface area contributed by atoms with Crippen LogP contribution < -0.4 is 0 Å². The second-order valence-corrected chi connectivity index (χ2v) is 5.01. The molecular formula is C11H14S2. The maximum atomic E-state index is 5.09. The van der Waals surface area contributed by atoms with Gasteiger partial charge in [-0.05, 0) is 12.0 Å².